The van der Waals surface area contributed by atoms with E-state index in [-0.39, 0.29) is 11.0 Å². The van der Waals surface area contributed by atoms with E-state index in [1.165, 1.54) is 51.4 Å². The van der Waals surface area contributed by atoms with Crippen molar-refractivity contribution in [3.8, 4) is 0 Å². The van der Waals surface area contributed by atoms with Crippen LogP contribution in [0.1, 0.15) is 78.6 Å². The maximum absolute atomic E-state index is 7.16. The van der Waals surface area contributed by atoms with Crippen LogP contribution in [-0.4, -0.2) is 41.2 Å². The molecule has 4 fully saturated rings. The molecule has 0 unspecified atom stereocenters. The number of rotatable bonds is 6. The summed E-state index contributed by atoms with van der Waals surface area (Å²) in [6.45, 7) is 21.5. The fourth-order valence-electron chi connectivity index (χ4n) is 9.39. The van der Waals surface area contributed by atoms with Crippen molar-refractivity contribution >= 4 is 22.3 Å². The summed E-state index contributed by atoms with van der Waals surface area (Å²) < 4.78 is 13.8. The number of hydrogen-bond donors (Lipinski definition) is 0. The average molecular weight is 508 g/mol. The molecule has 0 amide bonds. The van der Waals surface area contributed by atoms with Gasteiger partial charge < -0.3 is 13.7 Å². The molecule has 0 bridgehead atoms. The lowest BCUT2D eigenvalue weighted by Crippen LogP contribution is -2.61. The maximum Gasteiger partial charge on any atom is 0.185 e. The minimum absolute atomic E-state index is 0.155. The van der Waals surface area contributed by atoms with Crippen molar-refractivity contribution in [1.29, 1.82) is 0 Å². The largest absolute Gasteiger partial charge is 0.415 e. The molecule has 0 spiro atoms. The predicted octanol–water partition coefficient (Wildman–Crippen LogP) is 7.86. The number of nitrogens with zero attached hydrogens (tertiary/aromatic N) is 1. The van der Waals surface area contributed by atoms with Crippen LogP contribution in [0.5, 0.6) is 0 Å². The fourth-order valence-corrected chi connectivity index (χ4v) is 12.1. The molecule has 0 aromatic carbocycles. The molecule has 0 heterocycles. The summed E-state index contributed by atoms with van der Waals surface area (Å²) in [5.41, 5.74) is 1.46. The van der Waals surface area contributed by atoms with Crippen LogP contribution in [0.4, 0.5) is 0 Å². The Morgan fingerprint density at radius 3 is 2.12 bits per heavy atom. The molecule has 34 heavy (non-hydrogen) atoms. The van der Waals surface area contributed by atoms with Crippen molar-refractivity contribution in [2.24, 2.45) is 39.7 Å². The van der Waals surface area contributed by atoms with Gasteiger partial charge in [0.1, 0.15) is 12.7 Å². The molecule has 0 aromatic rings. The summed E-state index contributed by atoms with van der Waals surface area (Å²) in [6, 6.07) is 0. The quantitative estimate of drug-likeness (QED) is 0.209. The van der Waals surface area contributed by atoms with Gasteiger partial charge >= 0.3 is 0 Å². The van der Waals surface area contributed by atoms with Crippen LogP contribution < -0.4 is 0 Å². The lowest BCUT2D eigenvalue weighted by molar-refractivity contribution is -0.139. The zero-order valence-electron chi connectivity index (χ0n) is 23.9. The minimum atomic E-state index is -1.77. The Morgan fingerprint density at radius 2 is 1.50 bits per heavy atom. The Balaban J connectivity index is 1.60. The second-order valence-corrected chi connectivity index (χ2v) is 23.6. The van der Waals surface area contributed by atoms with Gasteiger partial charge in [-0.1, -0.05) is 19.0 Å². The number of oxime groups is 1. The molecule has 4 aliphatic rings. The first-order valence-corrected chi connectivity index (χ1v) is 20.9. The third kappa shape index (κ3) is 4.52. The van der Waals surface area contributed by atoms with E-state index in [4.69, 9.17) is 13.7 Å². The van der Waals surface area contributed by atoms with Gasteiger partial charge in [0.15, 0.2) is 16.6 Å². The van der Waals surface area contributed by atoms with E-state index in [1.54, 1.807) is 7.11 Å². The Hall–Kier alpha value is -0.176. The molecule has 0 N–H and O–H groups in total. The van der Waals surface area contributed by atoms with Gasteiger partial charge in [-0.05, 0) is 133 Å². The lowest BCUT2D eigenvalue weighted by atomic mass is 9.44. The molecule has 4 aliphatic carbocycles. The van der Waals surface area contributed by atoms with Gasteiger partial charge in [-0.3, -0.25) is 0 Å². The highest BCUT2D eigenvalue weighted by Gasteiger charge is 2.67. The van der Waals surface area contributed by atoms with E-state index >= 15 is 0 Å². The standard InChI is InChI=1S/C28H53NO3Si2/c1-20(29-30-4)28(32-34(8,9)10)18-15-25-23-12-11-21-19-22(31-33(5,6)7)13-16-26(21,2)24(23)14-17-27(25,28)3/h21-25H,11-19H2,1-10H3/b29-20-/t21-,22-,23+,24-,25-,26-,27-,28-/m0/s1. The second-order valence-electron chi connectivity index (χ2n) is 14.7. The zero-order chi connectivity index (χ0) is 25.2. The first-order chi connectivity index (χ1) is 15.7. The van der Waals surface area contributed by atoms with Crippen LogP contribution in [0.2, 0.25) is 39.3 Å². The van der Waals surface area contributed by atoms with Crippen molar-refractivity contribution < 1.29 is 13.7 Å². The van der Waals surface area contributed by atoms with Crippen molar-refractivity contribution in [3.63, 3.8) is 0 Å². The molecule has 4 nitrogen and oxygen atoms in total. The Kier molecular flexibility index (Phi) is 7.10. The summed E-state index contributed by atoms with van der Waals surface area (Å²) >= 11 is 0. The van der Waals surface area contributed by atoms with Crippen LogP contribution in [0.25, 0.3) is 0 Å². The third-order valence-corrected chi connectivity index (χ3v) is 12.6. The maximum atomic E-state index is 7.16. The molecule has 4 saturated carbocycles. The first kappa shape index (κ1) is 26.9. The van der Waals surface area contributed by atoms with E-state index in [9.17, 15) is 0 Å². The predicted molar refractivity (Wildman–Crippen MR) is 147 cm³/mol. The second kappa shape index (κ2) is 8.99. The van der Waals surface area contributed by atoms with Crippen molar-refractivity contribution in [2.75, 3.05) is 7.11 Å². The van der Waals surface area contributed by atoms with Gasteiger partial charge in [-0.25, -0.2) is 0 Å². The molecular formula is C28H53NO3Si2. The van der Waals surface area contributed by atoms with Gasteiger partial charge in [0.2, 0.25) is 0 Å². The molecule has 8 atom stereocenters. The summed E-state index contributed by atoms with van der Waals surface area (Å²) in [5.74, 6) is 3.27. The molecule has 196 valence electrons. The zero-order valence-corrected chi connectivity index (χ0v) is 25.9. The summed E-state index contributed by atoms with van der Waals surface area (Å²) in [4.78, 5) is 5.33. The Bertz CT molecular complexity index is 790. The van der Waals surface area contributed by atoms with E-state index < -0.39 is 16.6 Å². The highest BCUT2D eigenvalue weighted by Crippen LogP contribution is 2.69. The highest BCUT2D eigenvalue weighted by molar-refractivity contribution is 6.70. The number of hydrogen-bond acceptors (Lipinski definition) is 4. The van der Waals surface area contributed by atoms with Crippen molar-refractivity contribution in [1.82, 2.24) is 0 Å². The Labute approximate surface area is 212 Å². The van der Waals surface area contributed by atoms with Crippen LogP contribution >= 0.6 is 0 Å². The van der Waals surface area contributed by atoms with Gasteiger partial charge in [0, 0.05) is 11.5 Å². The van der Waals surface area contributed by atoms with E-state index in [0.29, 0.717) is 11.5 Å². The van der Waals surface area contributed by atoms with Gasteiger partial charge in [-0.2, -0.15) is 0 Å². The van der Waals surface area contributed by atoms with Crippen LogP contribution in [0.15, 0.2) is 5.16 Å². The molecule has 4 rings (SSSR count). The van der Waals surface area contributed by atoms with Gasteiger partial charge in [0.05, 0.1) is 5.71 Å². The SMILES string of the molecule is CO/N=C(/C)[C@@]1(O[Si](C)(C)C)CC[C@H]2[C@@H]3CC[C@H]4C[C@@H](O[Si](C)(C)C)CC[C@]4(C)[C@H]3CC[C@@]21C. The third-order valence-electron chi connectivity index (χ3n) is 10.6. The minimum Gasteiger partial charge on any atom is -0.415 e. The molecule has 6 heteroatoms. The molecule has 0 radical (unpaired) electrons. The van der Waals surface area contributed by atoms with Gasteiger partial charge in [0.25, 0.3) is 0 Å². The summed E-state index contributed by atoms with van der Waals surface area (Å²) in [6.07, 6.45) is 12.2. The normalized spacial score (nSPS) is 45.4. The first-order valence-electron chi connectivity index (χ1n) is 14.1. The Morgan fingerprint density at radius 1 is 0.824 bits per heavy atom. The van der Waals surface area contributed by atoms with Crippen molar-refractivity contribution in [2.45, 2.75) is 130 Å². The smallest absolute Gasteiger partial charge is 0.185 e. The fraction of sp³-hybridized carbons (Fsp3) is 0.964. The van der Waals surface area contributed by atoms with Crippen LogP contribution in [-0.2, 0) is 13.7 Å². The topological polar surface area (TPSA) is 40.0 Å². The molecule has 0 aliphatic heterocycles. The average Bonchev–Trinajstić information content (AvgIpc) is 2.99. The lowest BCUT2D eigenvalue weighted by Gasteiger charge is -2.62. The molecular weight excluding hydrogens is 454 g/mol. The molecule has 0 aromatic heterocycles. The summed E-state index contributed by atoms with van der Waals surface area (Å²) in [7, 11) is -1.56. The van der Waals surface area contributed by atoms with E-state index in [1.807, 2.05) is 0 Å². The van der Waals surface area contributed by atoms with Crippen LogP contribution in [0, 0.1) is 34.5 Å². The highest BCUT2D eigenvalue weighted by atomic mass is 28.4. The van der Waals surface area contributed by atoms with E-state index in [0.717, 1.165) is 35.8 Å². The molecule has 0 saturated heterocycles. The van der Waals surface area contributed by atoms with Crippen molar-refractivity contribution in [3.05, 3.63) is 0 Å². The van der Waals surface area contributed by atoms with Crippen LogP contribution in [0.3, 0.4) is 0 Å². The monoisotopic (exact) mass is 507 g/mol. The number of fused-ring (bicyclic) bond motifs is 5. The van der Waals surface area contributed by atoms with E-state index in [2.05, 4.69) is 65.2 Å². The van der Waals surface area contributed by atoms with Gasteiger partial charge in [-0.15, -0.1) is 0 Å². The summed E-state index contributed by atoms with van der Waals surface area (Å²) in [5, 5.41) is 4.52.